The van der Waals surface area contributed by atoms with Gasteiger partial charge in [0.1, 0.15) is 6.10 Å². The van der Waals surface area contributed by atoms with Gasteiger partial charge in [0, 0.05) is 19.8 Å². The number of carbonyl (C=O) groups is 2. The molecule has 30 heavy (non-hydrogen) atoms. The maximum atomic E-state index is 11.4. The van der Waals surface area contributed by atoms with Crippen molar-refractivity contribution in [3.05, 3.63) is 11.6 Å². The van der Waals surface area contributed by atoms with Gasteiger partial charge >= 0.3 is 11.9 Å². The molecule has 4 aliphatic carbocycles. The Bertz CT molecular complexity index is 727. The lowest BCUT2D eigenvalue weighted by Crippen LogP contribution is -2.51. The fourth-order valence-electron chi connectivity index (χ4n) is 8.49. The van der Waals surface area contributed by atoms with E-state index in [1.165, 1.54) is 39.0 Å². The monoisotopic (exact) mass is 416 g/mol. The first-order valence-corrected chi connectivity index (χ1v) is 12.2. The van der Waals surface area contributed by atoms with Crippen LogP contribution in [0.4, 0.5) is 0 Å². The van der Waals surface area contributed by atoms with E-state index in [4.69, 9.17) is 9.84 Å². The Kier molecular flexibility index (Phi) is 5.83. The van der Waals surface area contributed by atoms with E-state index in [-0.39, 0.29) is 17.5 Å². The second-order valence-corrected chi connectivity index (χ2v) is 11.4. The molecule has 0 aromatic rings. The van der Waals surface area contributed by atoms with E-state index in [1.807, 2.05) is 0 Å². The summed E-state index contributed by atoms with van der Waals surface area (Å²) in [5.74, 6) is 2.64. The van der Waals surface area contributed by atoms with Gasteiger partial charge in [-0.05, 0) is 91.8 Å². The smallest absolute Gasteiger partial charge is 0.303 e. The summed E-state index contributed by atoms with van der Waals surface area (Å²) < 4.78 is 5.57. The van der Waals surface area contributed by atoms with Crippen LogP contribution in [0.25, 0.3) is 0 Å². The van der Waals surface area contributed by atoms with Gasteiger partial charge in [0.15, 0.2) is 0 Å². The van der Waals surface area contributed by atoms with Crippen molar-refractivity contribution in [1.82, 2.24) is 0 Å². The predicted octanol–water partition coefficient (Wildman–Crippen LogP) is 6.00. The molecule has 0 unspecified atom stereocenters. The van der Waals surface area contributed by atoms with Gasteiger partial charge in [-0.1, -0.05) is 32.4 Å². The van der Waals surface area contributed by atoms with Crippen LogP contribution in [0.15, 0.2) is 11.6 Å². The third-order valence-electron chi connectivity index (χ3n) is 9.97. The van der Waals surface area contributed by atoms with Crippen molar-refractivity contribution in [1.29, 1.82) is 0 Å². The molecule has 8 atom stereocenters. The van der Waals surface area contributed by atoms with Gasteiger partial charge in [-0.15, -0.1) is 0 Å². The minimum absolute atomic E-state index is 0.0678. The summed E-state index contributed by atoms with van der Waals surface area (Å²) in [5.41, 5.74) is 2.19. The van der Waals surface area contributed by atoms with Crippen LogP contribution < -0.4 is 0 Å². The number of carboxylic acid groups (broad SMARTS) is 1. The number of aliphatic carboxylic acids is 1. The number of ether oxygens (including phenoxy) is 1. The molecule has 0 heterocycles. The first-order valence-electron chi connectivity index (χ1n) is 12.2. The van der Waals surface area contributed by atoms with E-state index in [0.717, 1.165) is 43.4 Å². The molecule has 0 saturated heterocycles. The van der Waals surface area contributed by atoms with Crippen LogP contribution in [0.5, 0.6) is 0 Å². The number of carboxylic acids is 1. The lowest BCUT2D eigenvalue weighted by atomic mass is 9.47. The highest BCUT2D eigenvalue weighted by Gasteiger charge is 2.59. The van der Waals surface area contributed by atoms with Crippen LogP contribution in [0.3, 0.4) is 0 Å². The van der Waals surface area contributed by atoms with Crippen molar-refractivity contribution in [2.45, 2.75) is 98.0 Å². The first kappa shape index (κ1) is 21.9. The van der Waals surface area contributed by atoms with E-state index in [9.17, 15) is 9.59 Å². The SMILES string of the molecule is CC(=O)O[C@H]1CC[C@@]2(C)C(=CC[C@@H]3[C@H]2CC[C@@]2(C)[C@H]3CC[C@H]2[C@H](C)CCC(=O)O)C1. The molecule has 4 nitrogen and oxygen atoms in total. The Morgan fingerprint density at radius 1 is 1.17 bits per heavy atom. The minimum atomic E-state index is -0.660. The number of hydrogen-bond acceptors (Lipinski definition) is 3. The van der Waals surface area contributed by atoms with Gasteiger partial charge in [0.25, 0.3) is 0 Å². The lowest BCUT2D eigenvalue weighted by molar-refractivity contribution is -0.148. The molecule has 0 amide bonds. The molecule has 4 aliphatic rings. The maximum absolute atomic E-state index is 11.4. The minimum Gasteiger partial charge on any atom is -0.481 e. The second kappa shape index (κ2) is 7.98. The number of fused-ring (bicyclic) bond motifs is 5. The van der Waals surface area contributed by atoms with Crippen LogP contribution in [-0.4, -0.2) is 23.1 Å². The summed E-state index contributed by atoms with van der Waals surface area (Å²) in [4.78, 5) is 22.5. The van der Waals surface area contributed by atoms with Crippen molar-refractivity contribution in [2.24, 2.45) is 40.4 Å². The molecule has 4 rings (SSSR count). The molecule has 168 valence electrons. The number of esters is 1. The fraction of sp³-hybridized carbons (Fsp3) is 0.846. The standard InChI is InChI=1S/C26H40O4/c1-16(5-10-24(28)29)21-8-9-22-20-7-6-18-15-19(30-17(2)27)11-13-25(18,3)23(20)12-14-26(21,22)4/h6,16,19-23H,5,7-15H2,1-4H3,(H,28,29)/t16-,19+,20+,21+,22+,23-,25+,26-/m1/s1. The van der Waals surface area contributed by atoms with Crippen molar-refractivity contribution in [2.75, 3.05) is 0 Å². The molecular formula is C26H40O4. The molecule has 1 N–H and O–H groups in total. The van der Waals surface area contributed by atoms with Crippen molar-refractivity contribution < 1.29 is 19.4 Å². The average Bonchev–Trinajstić information content (AvgIpc) is 3.03. The summed E-state index contributed by atoms with van der Waals surface area (Å²) in [6.07, 6.45) is 13.1. The Morgan fingerprint density at radius 2 is 1.93 bits per heavy atom. The molecule has 4 heteroatoms. The molecule has 0 aromatic heterocycles. The normalized spacial score (nSPS) is 43.6. The van der Waals surface area contributed by atoms with Crippen LogP contribution in [0.1, 0.15) is 91.9 Å². The van der Waals surface area contributed by atoms with Crippen molar-refractivity contribution in [3.8, 4) is 0 Å². The zero-order chi connectivity index (χ0) is 21.7. The number of hydrogen-bond donors (Lipinski definition) is 1. The summed E-state index contributed by atoms with van der Waals surface area (Å²) >= 11 is 0. The topological polar surface area (TPSA) is 63.6 Å². The van der Waals surface area contributed by atoms with Gasteiger partial charge in [-0.25, -0.2) is 0 Å². The summed E-state index contributed by atoms with van der Waals surface area (Å²) in [5, 5.41) is 9.13. The van der Waals surface area contributed by atoms with E-state index in [1.54, 1.807) is 5.57 Å². The van der Waals surface area contributed by atoms with Crippen molar-refractivity contribution in [3.63, 3.8) is 0 Å². The fourth-order valence-corrected chi connectivity index (χ4v) is 8.49. The number of carbonyl (C=O) groups excluding carboxylic acids is 1. The van der Waals surface area contributed by atoms with E-state index in [0.29, 0.717) is 23.7 Å². The summed E-state index contributed by atoms with van der Waals surface area (Å²) in [6, 6.07) is 0. The third kappa shape index (κ3) is 3.62. The van der Waals surface area contributed by atoms with Crippen LogP contribution in [0, 0.1) is 40.4 Å². The number of allylic oxidation sites excluding steroid dienone is 1. The first-order chi connectivity index (χ1) is 14.1. The molecule has 0 aromatic carbocycles. The van der Waals surface area contributed by atoms with Crippen LogP contribution in [-0.2, 0) is 14.3 Å². The Labute approximate surface area is 181 Å². The summed E-state index contributed by atoms with van der Waals surface area (Å²) in [6.45, 7) is 8.84. The number of rotatable bonds is 5. The van der Waals surface area contributed by atoms with E-state index >= 15 is 0 Å². The predicted molar refractivity (Wildman–Crippen MR) is 117 cm³/mol. The van der Waals surface area contributed by atoms with Crippen LogP contribution >= 0.6 is 0 Å². The highest BCUT2D eigenvalue weighted by Crippen LogP contribution is 2.67. The Hall–Kier alpha value is -1.32. The van der Waals surface area contributed by atoms with Crippen LogP contribution in [0.2, 0.25) is 0 Å². The molecule has 0 bridgehead atoms. The Balaban J connectivity index is 1.51. The highest BCUT2D eigenvalue weighted by molar-refractivity contribution is 5.66. The molecular weight excluding hydrogens is 376 g/mol. The molecule has 3 fully saturated rings. The van der Waals surface area contributed by atoms with E-state index in [2.05, 4.69) is 26.8 Å². The van der Waals surface area contributed by atoms with Gasteiger partial charge in [0.05, 0.1) is 0 Å². The van der Waals surface area contributed by atoms with Gasteiger partial charge in [-0.3, -0.25) is 9.59 Å². The molecule has 0 radical (unpaired) electrons. The van der Waals surface area contributed by atoms with Gasteiger partial charge in [-0.2, -0.15) is 0 Å². The quantitative estimate of drug-likeness (QED) is 0.441. The second-order valence-electron chi connectivity index (χ2n) is 11.4. The van der Waals surface area contributed by atoms with Gasteiger partial charge < -0.3 is 9.84 Å². The molecule has 3 saturated carbocycles. The van der Waals surface area contributed by atoms with Gasteiger partial charge in [0.2, 0.25) is 0 Å². The molecule has 0 aliphatic heterocycles. The molecule has 0 spiro atoms. The summed E-state index contributed by atoms with van der Waals surface area (Å²) in [7, 11) is 0. The van der Waals surface area contributed by atoms with E-state index < -0.39 is 5.97 Å². The average molecular weight is 417 g/mol. The third-order valence-corrected chi connectivity index (χ3v) is 9.97. The lowest BCUT2D eigenvalue weighted by Gasteiger charge is -2.58. The maximum Gasteiger partial charge on any atom is 0.303 e. The highest BCUT2D eigenvalue weighted by atomic mass is 16.5. The zero-order valence-electron chi connectivity index (χ0n) is 19.3. The largest absolute Gasteiger partial charge is 0.481 e. The Morgan fingerprint density at radius 3 is 2.63 bits per heavy atom. The van der Waals surface area contributed by atoms with Crippen molar-refractivity contribution >= 4 is 11.9 Å². The zero-order valence-corrected chi connectivity index (χ0v) is 19.3.